The third-order valence-electron chi connectivity index (χ3n) is 2.13. The fraction of sp³-hybridized carbons (Fsp3) is 0.778. The maximum Gasteiger partial charge on any atom is 0.303 e. The van der Waals surface area contributed by atoms with Crippen LogP contribution >= 0.6 is 0 Å². The van der Waals surface area contributed by atoms with Gasteiger partial charge in [-0.25, -0.2) is 0 Å². The van der Waals surface area contributed by atoms with Crippen molar-refractivity contribution in [2.75, 3.05) is 6.61 Å². The Labute approximate surface area is 92.5 Å². The average Bonchev–Trinajstić information content (AvgIpc) is 2.16. The van der Waals surface area contributed by atoms with E-state index in [0.29, 0.717) is 0 Å². The fourth-order valence-corrected chi connectivity index (χ4v) is 1.47. The van der Waals surface area contributed by atoms with Crippen molar-refractivity contribution < 1.29 is 28.9 Å². The molecule has 0 amide bonds. The quantitative estimate of drug-likeness (QED) is 0.560. The number of carbonyl (C=O) groups is 2. The lowest BCUT2D eigenvalue weighted by atomic mass is 10.0. The van der Waals surface area contributed by atoms with Crippen molar-refractivity contribution in [3.63, 3.8) is 0 Å². The van der Waals surface area contributed by atoms with Gasteiger partial charge < -0.3 is 25.1 Å². The summed E-state index contributed by atoms with van der Waals surface area (Å²) in [6.45, 7) is 2.37. The molecular weight excluding hydrogens is 218 g/mol. The SMILES string of the molecule is CC(=O)OC1[C@H](OC(C)=O)CO[C@@H](O)[C@H]1N. The molecule has 1 aliphatic heterocycles. The molecule has 4 atom stereocenters. The lowest BCUT2D eigenvalue weighted by molar-refractivity contribution is -0.224. The largest absolute Gasteiger partial charge is 0.457 e. The lowest BCUT2D eigenvalue weighted by Crippen LogP contribution is -2.59. The molecule has 7 heteroatoms. The molecule has 0 saturated carbocycles. The van der Waals surface area contributed by atoms with E-state index in [2.05, 4.69) is 0 Å². The summed E-state index contributed by atoms with van der Waals surface area (Å²) in [6, 6.07) is -0.943. The lowest BCUT2D eigenvalue weighted by Gasteiger charge is -2.37. The van der Waals surface area contributed by atoms with E-state index in [4.69, 9.17) is 19.9 Å². The number of rotatable bonds is 2. The van der Waals surface area contributed by atoms with Crippen molar-refractivity contribution in [1.29, 1.82) is 0 Å². The Kier molecular flexibility index (Phi) is 4.22. The van der Waals surface area contributed by atoms with Crippen LogP contribution in [0.25, 0.3) is 0 Å². The molecule has 0 aromatic heterocycles. The predicted octanol–water partition coefficient (Wildman–Crippen LogP) is -1.47. The van der Waals surface area contributed by atoms with E-state index in [9.17, 15) is 14.7 Å². The third kappa shape index (κ3) is 3.16. The monoisotopic (exact) mass is 233 g/mol. The number of hydrogen-bond acceptors (Lipinski definition) is 7. The number of esters is 2. The Morgan fingerprint density at radius 2 is 1.88 bits per heavy atom. The second kappa shape index (κ2) is 5.24. The van der Waals surface area contributed by atoms with Gasteiger partial charge in [0, 0.05) is 13.8 Å². The van der Waals surface area contributed by atoms with Gasteiger partial charge in [0.25, 0.3) is 0 Å². The van der Waals surface area contributed by atoms with E-state index in [0.717, 1.165) is 0 Å². The molecule has 1 fully saturated rings. The molecule has 16 heavy (non-hydrogen) atoms. The van der Waals surface area contributed by atoms with Gasteiger partial charge in [-0.05, 0) is 0 Å². The summed E-state index contributed by atoms with van der Waals surface area (Å²) in [5.41, 5.74) is 5.59. The Morgan fingerprint density at radius 3 is 2.38 bits per heavy atom. The highest BCUT2D eigenvalue weighted by molar-refractivity contribution is 5.67. The van der Waals surface area contributed by atoms with Gasteiger partial charge in [0.15, 0.2) is 18.5 Å². The summed E-state index contributed by atoms with van der Waals surface area (Å²) >= 11 is 0. The van der Waals surface area contributed by atoms with Crippen LogP contribution in [0, 0.1) is 0 Å². The minimum absolute atomic E-state index is 0.0631. The van der Waals surface area contributed by atoms with Gasteiger partial charge in [-0.1, -0.05) is 0 Å². The van der Waals surface area contributed by atoms with E-state index in [1.165, 1.54) is 13.8 Å². The smallest absolute Gasteiger partial charge is 0.303 e. The van der Waals surface area contributed by atoms with Crippen LogP contribution in [0.3, 0.4) is 0 Å². The minimum Gasteiger partial charge on any atom is -0.457 e. The zero-order chi connectivity index (χ0) is 12.3. The summed E-state index contributed by atoms with van der Waals surface area (Å²) in [5.74, 6) is -1.10. The molecule has 0 bridgehead atoms. The van der Waals surface area contributed by atoms with Crippen molar-refractivity contribution in [2.24, 2.45) is 5.73 Å². The van der Waals surface area contributed by atoms with Crippen LogP contribution in [-0.4, -0.2) is 48.2 Å². The normalized spacial score (nSPS) is 34.2. The molecule has 0 aromatic carbocycles. The molecule has 0 spiro atoms. The van der Waals surface area contributed by atoms with Crippen molar-refractivity contribution >= 4 is 11.9 Å². The number of nitrogens with two attached hydrogens (primary N) is 1. The Hall–Kier alpha value is -1.18. The van der Waals surface area contributed by atoms with Gasteiger partial charge in [-0.15, -0.1) is 0 Å². The molecule has 0 aromatic rings. The van der Waals surface area contributed by atoms with Crippen molar-refractivity contribution in [3.05, 3.63) is 0 Å². The number of carbonyl (C=O) groups excluding carboxylic acids is 2. The molecule has 1 unspecified atom stereocenters. The summed E-state index contributed by atoms with van der Waals surface area (Å²) in [6.07, 6.45) is -2.93. The Morgan fingerprint density at radius 1 is 1.31 bits per heavy atom. The van der Waals surface area contributed by atoms with Gasteiger partial charge in [-0.2, -0.15) is 0 Å². The van der Waals surface area contributed by atoms with Crippen LogP contribution in [0.5, 0.6) is 0 Å². The summed E-state index contributed by atoms with van der Waals surface area (Å²) in [4.78, 5) is 21.7. The molecule has 7 nitrogen and oxygen atoms in total. The summed E-state index contributed by atoms with van der Waals surface area (Å²) in [5, 5.41) is 9.33. The molecule has 1 aliphatic rings. The zero-order valence-electron chi connectivity index (χ0n) is 9.08. The standard InChI is InChI=1S/C9H15NO6/c1-4(11)15-6-3-14-9(13)7(10)8(6)16-5(2)12/h6-9,13H,3,10H2,1-2H3/t6-,7+,8?,9-/m1/s1. The van der Waals surface area contributed by atoms with Gasteiger partial charge in [-0.3, -0.25) is 9.59 Å². The van der Waals surface area contributed by atoms with E-state index < -0.39 is 36.5 Å². The van der Waals surface area contributed by atoms with Crippen molar-refractivity contribution in [1.82, 2.24) is 0 Å². The highest BCUT2D eigenvalue weighted by Crippen LogP contribution is 2.18. The Bertz CT molecular complexity index is 281. The molecule has 1 saturated heterocycles. The summed E-state index contributed by atoms with van der Waals surface area (Å²) < 4.78 is 14.7. The number of aliphatic hydroxyl groups is 1. The van der Waals surface area contributed by atoms with E-state index in [1.807, 2.05) is 0 Å². The first kappa shape index (κ1) is 12.9. The topological polar surface area (TPSA) is 108 Å². The van der Waals surface area contributed by atoms with E-state index in [1.54, 1.807) is 0 Å². The van der Waals surface area contributed by atoms with Gasteiger partial charge >= 0.3 is 11.9 Å². The first-order chi connectivity index (χ1) is 7.41. The molecule has 1 rings (SSSR count). The van der Waals surface area contributed by atoms with Gasteiger partial charge in [0.2, 0.25) is 0 Å². The van der Waals surface area contributed by atoms with Crippen molar-refractivity contribution in [2.45, 2.75) is 38.4 Å². The average molecular weight is 233 g/mol. The highest BCUT2D eigenvalue weighted by atomic mass is 16.6. The van der Waals surface area contributed by atoms with Crippen LogP contribution < -0.4 is 5.73 Å². The van der Waals surface area contributed by atoms with Crippen LogP contribution in [0.15, 0.2) is 0 Å². The molecule has 3 N–H and O–H groups in total. The van der Waals surface area contributed by atoms with Crippen LogP contribution in [0.2, 0.25) is 0 Å². The second-order valence-electron chi connectivity index (χ2n) is 3.52. The first-order valence-corrected chi connectivity index (χ1v) is 4.81. The number of ether oxygens (including phenoxy) is 3. The maximum absolute atomic E-state index is 10.9. The van der Waals surface area contributed by atoms with Gasteiger partial charge in [0.05, 0.1) is 12.6 Å². The van der Waals surface area contributed by atoms with Crippen LogP contribution in [0.4, 0.5) is 0 Å². The molecular formula is C9H15NO6. The highest BCUT2D eigenvalue weighted by Gasteiger charge is 2.41. The maximum atomic E-state index is 10.9. The first-order valence-electron chi connectivity index (χ1n) is 4.81. The van der Waals surface area contributed by atoms with Crippen molar-refractivity contribution in [3.8, 4) is 0 Å². The molecule has 92 valence electrons. The molecule has 1 heterocycles. The van der Waals surface area contributed by atoms with E-state index in [-0.39, 0.29) is 6.61 Å². The molecule has 0 aliphatic carbocycles. The third-order valence-corrected chi connectivity index (χ3v) is 2.13. The minimum atomic E-state index is -1.24. The zero-order valence-corrected chi connectivity index (χ0v) is 9.08. The van der Waals surface area contributed by atoms with E-state index >= 15 is 0 Å². The number of aliphatic hydroxyl groups excluding tert-OH is 1. The van der Waals surface area contributed by atoms with Gasteiger partial charge in [0.1, 0.15) is 0 Å². The molecule has 0 radical (unpaired) electrons. The predicted molar refractivity (Wildman–Crippen MR) is 51.0 cm³/mol. The Balaban J connectivity index is 2.72. The van der Waals surface area contributed by atoms with Crippen LogP contribution in [-0.2, 0) is 23.8 Å². The van der Waals surface area contributed by atoms with Crippen LogP contribution in [0.1, 0.15) is 13.8 Å². The second-order valence-corrected chi connectivity index (χ2v) is 3.52. The number of hydrogen-bond donors (Lipinski definition) is 2. The summed E-state index contributed by atoms with van der Waals surface area (Å²) in [7, 11) is 0. The fourth-order valence-electron chi connectivity index (χ4n) is 1.47.